The lowest BCUT2D eigenvalue weighted by atomic mass is 10.2. The highest BCUT2D eigenvalue weighted by molar-refractivity contribution is 5.47. The molecule has 0 amide bonds. The number of phenols is 1. The van der Waals surface area contributed by atoms with Gasteiger partial charge in [-0.15, -0.1) is 0 Å². The van der Waals surface area contributed by atoms with Crippen molar-refractivity contribution in [1.82, 2.24) is 9.78 Å². The molecule has 0 atom stereocenters. The van der Waals surface area contributed by atoms with Gasteiger partial charge in [0.2, 0.25) is 0 Å². The molecule has 0 saturated carbocycles. The molecule has 1 aromatic heterocycles. The van der Waals surface area contributed by atoms with E-state index in [0.717, 1.165) is 18.5 Å². The Morgan fingerprint density at radius 2 is 2.07 bits per heavy atom. The van der Waals surface area contributed by atoms with E-state index in [0.29, 0.717) is 0 Å². The first-order valence-electron chi connectivity index (χ1n) is 5.20. The third kappa shape index (κ3) is 1.23. The van der Waals surface area contributed by atoms with Gasteiger partial charge in [-0.25, -0.2) is 4.68 Å². The Kier molecular flexibility index (Phi) is 1.78. The summed E-state index contributed by atoms with van der Waals surface area (Å²) in [6.45, 7) is 0. The van der Waals surface area contributed by atoms with Crippen molar-refractivity contribution < 1.29 is 5.11 Å². The highest BCUT2D eigenvalue weighted by Crippen LogP contribution is 2.27. The van der Waals surface area contributed by atoms with Crippen LogP contribution in [-0.4, -0.2) is 14.9 Å². The van der Waals surface area contributed by atoms with Gasteiger partial charge in [0.15, 0.2) is 0 Å². The van der Waals surface area contributed by atoms with E-state index in [9.17, 15) is 5.11 Å². The van der Waals surface area contributed by atoms with Crippen molar-refractivity contribution in [3.8, 4) is 11.4 Å². The van der Waals surface area contributed by atoms with Gasteiger partial charge in [0, 0.05) is 5.69 Å². The number of benzene rings is 1. The van der Waals surface area contributed by atoms with Crippen molar-refractivity contribution >= 4 is 0 Å². The van der Waals surface area contributed by atoms with Gasteiger partial charge in [0.05, 0.1) is 6.20 Å². The summed E-state index contributed by atoms with van der Waals surface area (Å²) < 4.78 is 1.86. The zero-order valence-electron chi connectivity index (χ0n) is 8.35. The van der Waals surface area contributed by atoms with Crippen molar-refractivity contribution in [2.24, 2.45) is 0 Å². The number of hydrogen-bond acceptors (Lipinski definition) is 2. The van der Waals surface area contributed by atoms with Crippen LogP contribution in [0.3, 0.4) is 0 Å². The first-order valence-corrected chi connectivity index (χ1v) is 5.20. The highest BCUT2D eigenvalue weighted by atomic mass is 16.3. The first-order chi connectivity index (χ1) is 7.36. The van der Waals surface area contributed by atoms with Gasteiger partial charge in [0.25, 0.3) is 0 Å². The molecule has 1 aromatic carbocycles. The fraction of sp³-hybridized carbons (Fsp3) is 0.250. The summed E-state index contributed by atoms with van der Waals surface area (Å²) in [4.78, 5) is 0. The first kappa shape index (κ1) is 8.53. The summed E-state index contributed by atoms with van der Waals surface area (Å²) >= 11 is 0. The Morgan fingerprint density at radius 1 is 1.20 bits per heavy atom. The second-order valence-corrected chi connectivity index (χ2v) is 3.87. The van der Waals surface area contributed by atoms with E-state index < -0.39 is 0 Å². The second-order valence-electron chi connectivity index (χ2n) is 3.87. The molecule has 0 fully saturated rings. The summed E-state index contributed by atoms with van der Waals surface area (Å²) in [5.41, 5.74) is 3.34. The molecule has 0 radical (unpaired) electrons. The molecule has 3 nitrogen and oxygen atoms in total. The van der Waals surface area contributed by atoms with Crippen LogP contribution in [0.15, 0.2) is 30.5 Å². The molecule has 1 aliphatic rings. The van der Waals surface area contributed by atoms with Gasteiger partial charge in [-0.1, -0.05) is 12.1 Å². The Morgan fingerprint density at radius 3 is 2.93 bits per heavy atom. The van der Waals surface area contributed by atoms with Crippen molar-refractivity contribution in [3.63, 3.8) is 0 Å². The number of para-hydroxylation sites is 2. The molecule has 1 aliphatic carbocycles. The average molecular weight is 200 g/mol. The van der Waals surface area contributed by atoms with Crippen molar-refractivity contribution in [1.29, 1.82) is 0 Å². The lowest BCUT2D eigenvalue weighted by molar-refractivity contribution is 0.469. The van der Waals surface area contributed by atoms with Crippen LogP contribution in [0.4, 0.5) is 0 Å². The number of aromatic nitrogens is 2. The standard InChI is InChI=1S/C12H12N2O/c15-12-7-2-1-5-11(12)14-10-6-3-4-9(10)8-13-14/h1-2,5,7-8,15H,3-4,6H2. The van der Waals surface area contributed by atoms with Crippen LogP contribution in [-0.2, 0) is 12.8 Å². The molecule has 0 saturated heterocycles. The van der Waals surface area contributed by atoms with Crippen LogP contribution in [0.2, 0.25) is 0 Å². The Balaban J connectivity index is 2.17. The zero-order valence-corrected chi connectivity index (χ0v) is 8.35. The van der Waals surface area contributed by atoms with Crippen molar-refractivity contribution in [3.05, 3.63) is 41.7 Å². The Hall–Kier alpha value is -1.77. The predicted octanol–water partition coefficient (Wildman–Crippen LogP) is 2.07. The summed E-state index contributed by atoms with van der Waals surface area (Å²) in [6.07, 6.45) is 5.28. The summed E-state index contributed by atoms with van der Waals surface area (Å²) in [7, 11) is 0. The van der Waals surface area contributed by atoms with Crippen LogP contribution in [0, 0.1) is 0 Å². The fourth-order valence-corrected chi connectivity index (χ4v) is 2.18. The van der Waals surface area contributed by atoms with Gasteiger partial charge in [0.1, 0.15) is 11.4 Å². The minimum atomic E-state index is 0.287. The number of rotatable bonds is 1. The number of hydrogen-bond donors (Lipinski definition) is 1. The average Bonchev–Trinajstić information content (AvgIpc) is 2.80. The van der Waals surface area contributed by atoms with Gasteiger partial charge < -0.3 is 5.11 Å². The molecule has 1 N–H and O–H groups in total. The second kappa shape index (κ2) is 3.12. The summed E-state index contributed by atoms with van der Waals surface area (Å²) in [6, 6.07) is 7.32. The molecule has 0 aliphatic heterocycles. The lowest BCUT2D eigenvalue weighted by Crippen LogP contribution is -2.00. The number of phenolic OH excluding ortho intramolecular Hbond substituents is 1. The topological polar surface area (TPSA) is 38.0 Å². The van der Waals surface area contributed by atoms with Crippen LogP contribution in [0.5, 0.6) is 5.75 Å². The van der Waals surface area contributed by atoms with E-state index in [-0.39, 0.29) is 5.75 Å². The largest absolute Gasteiger partial charge is 0.506 e. The summed E-state index contributed by atoms with van der Waals surface area (Å²) in [5.74, 6) is 0.287. The third-order valence-electron chi connectivity index (χ3n) is 2.92. The monoisotopic (exact) mass is 200 g/mol. The molecule has 0 bridgehead atoms. The molecule has 76 valence electrons. The predicted molar refractivity (Wildman–Crippen MR) is 57.3 cm³/mol. The van der Waals surface area contributed by atoms with E-state index in [4.69, 9.17) is 0 Å². The van der Waals surface area contributed by atoms with Gasteiger partial charge in [-0.05, 0) is 37.0 Å². The quantitative estimate of drug-likeness (QED) is 0.765. The zero-order chi connectivity index (χ0) is 10.3. The molecule has 2 aromatic rings. The highest BCUT2D eigenvalue weighted by Gasteiger charge is 2.18. The minimum absolute atomic E-state index is 0.287. The molecule has 0 unspecified atom stereocenters. The van der Waals surface area contributed by atoms with Crippen LogP contribution < -0.4 is 0 Å². The van der Waals surface area contributed by atoms with E-state index >= 15 is 0 Å². The van der Waals surface area contributed by atoms with Crippen molar-refractivity contribution in [2.75, 3.05) is 0 Å². The van der Waals surface area contributed by atoms with E-state index in [1.54, 1.807) is 6.07 Å². The number of aryl methyl sites for hydroxylation is 1. The SMILES string of the molecule is Oc1ccccc1-n1ncc2c1CCC2. The number of fused-ring (bicyclic) bond motifs is 1. The van der Waals surface area contributed by atoms with Crippen molar-refractivity contribution in [2.45, 2.75) is 19.3 Å². The molecule has 0 spiro atoms. The van der Waals surface area contributed by atoms with E-state index in [1.165, 1.54) is 17.7 Å². The lowest BCUT2D eigenvalue weighted by Gasteiger charge is -2.06. The Labute approximate surface area is 88.0 Å². The Bertz CT molecular complexity index is 502. The summed E-state index contributed by atoms with van der Waals surface area (Å²) in [5, 5.41) is 14.1. The minimum Gasteiger partial charge on any atom is -0.506 e. The van der Waals surface area contributed by atoms with Crippen LogP contribution >= 0.6 is 0 Å². The molecule has 3 heteroatoms. The van der Waals surface area contributed by atoms with Gasteiger partial charge >= 0.3 is 0 Å². The van der Waals surface area contributed by atoms with E-state index in [2.05, 4.69) is 5.10 Å². The molecule has 15 heavy (non-hydrogen) atoms. The maximum Gasteiger partial charge on any atom is 0.141 e. The maximum atomic E-state index is 9.75. The van der Waals surface area contributed by atoms with Crippen LogP contribution in [0.1, 0.15) is 17.7 Å². The number of aromatic hydroxyl groups is 1. The third-order valence-corrected chi connectivity index (χ3v) is 2.92. The van der Waals surface area contributed by atoms with Gasteiger partial charge in [-0.3, -0.25) is 0 Å². The molecular weight excluding hydrogens is 188 g/mol. The fourth-order valence-electron chi connectivity index (χ4n) is 2.18. The van der Waals surface area contributed by atoms with Crippen LogP contribution in [0.25, 0.3) is 5.69 Å². The van der Waals surface area contributed by atoms with E-state index in [1.807, 2.05) is 29.1 Å². The molecule has 1 heterocycles. The smallest absolute Gasteiger partial charge is 0.141 e. The molecule has 3 rings (SSSR count). The maximum absolute atomic E-state index is 9.75. The molecular formula is C12H12N2O. The number of nitrogens with zero attached hydrogens (tertiary/aromatic N) is 2. The normalized spacial score (nSPS) is 14.1. The van der Waals surface area contributed by atoms with Gasteiger partial charge in [-0.2, -0.15) is 5.10 Å².